The number of nitrogens with two attached hydrogens (primary N) is 1. The number of primary amides is 1. The number of benzene rings is 2. The molecule has 0 unspecified atom stereocenters. The molecule has 0 bridgehead atoms. The number of carbonyl (C=O) groups excluding carboxylic acids is 2. The van der Waals surface area contributed by atoms with Gasteiger partial charge in [-0.05, 0) is 35.2 Å². The van der Waals surface area contributed by atoms with Crippen molar-refractivity contribution in [3.63, 3.8) is 0 Å². The Morgan fingerprint density at radius 3 is 2.30 bits per heavy atom. The average molecular weight is 375 g/mol. The lowest BCUT2D eigenvalue weighted by atomic mass is 9.86. The van der Waals surface area contributed by atoms with Crippen molar-refractivity contribution in [1.29, 1.82) is 0 Å². The van der Waals surface area contributed by atoms with Crippen molar-refractivity contribution in [3.05, 3.63) is 63.6 Å². The van der Waals surface area contributed by atoms with Crippen LogP contribution in [0.25, 0.3) is 0 Å². The highest BCUT2D eigenvalue weighted by Crippen LogP contribution is 2.30. The Bertz CT molecular complexity index is 764. The van der Waals surface area contributed by atoms with Crippen LogP contribution in [0.15, 0.2) is 46.9 Å². The Kier molecular flexibility index (Phi) is 4.90. The number of hydrogen-bond donors (Lipinski definition) is 2. The van der Waals surface area contributed by atoms with Gasteiger partial charge in [0.2, 0.25) is 0 Å². The summed E-state index contributed by atoms with van der Waals surface area (Å²) in [6.45, 7) is 6.32. The van der Waals surface area contributed by atoms with Crippen molar-refractivity contribution in [2.24, 2.45) is 5.73 Å². The van der Waals surface area contributed by atoms with Crippen molar-refractivity contribution in [2.45, 2.75) is 26.2 Å². The Labute approximate surface area is 144 Å². The van der Waals surface area contributed by atoms with Gasteiger partial charge in [-0.1, -0.05) is 54.9 Å². The molecule has 0 saturated heterocycles. The third-order valence-corrected chi connectivity index (χ3v) is 4.14. The van der Waals surface area contributed by atoms with Crippen LogP contribution in [0.1, 0.15) is 47.1 Å². The molecule has 5 heteroatoms. The molecule has 4 nitrogen and oxygen atoms in total. The average Bonchev–Trinajstić information content (AvgIpc) is 2.46. The normalized spacial score (nSPS) is 11.1. The lowest BCUT2D eigenvalue weighted by molar-refractivity contribution is 0.100. The summed E-state index contributed by atoms with van der Waals surface area (Å²) in [4.78, 5) is 23.8. The first kappa shape index (κ1) is 17.2. The van der Waals surface area contributed by atoms with Gasteiger partial charge in [-0.2, -0.15) is 0 Å². The Morgan fingerprint density at radius 2 is 1.74 bits per heavy atom. The first-order valence-electron chi connectivity index (χ1n) is 7.20. The molecule has 0 saturated carbocycles. The minimum absolute atomic E-state index is 0.0214. The van der Waals surface area contributed by atoms with E-state index in [1.807, 2.05) is 6.07 Å². The summed E-state index contributed by atoms with van der Waals surface area (Å²) in [6, 6.07) is 12.1. The van der Waals surface area contributed by atoms with Gasteiger partial charge in [0.1, 0.15) is 0 Å². The zero-order valence-electron chi connectivity index (χ0n) is 13.3. The SMILES string of the molecule is CC(C)(C)c1ccc(C(=O)Nc2ccccc2C(N)=O)cc1Br. The summed E-state index contributed by atoms with van der Waals surface area (Å²) >= 11 is 3.52. The van der Waals surface area contributed by atoms with Gasteiger partial charge in [0.15, 0.2) is 0 Å². The van der Waals surface area contributed by atoms with Crippen molar-refractivity contribution >= 4 is 33.4 Å². The molecule has 2 amide bonds. The molecule has 3 N–H and O–H groups in total. The highest BCUT2D eigenvalue weighted by atomic mass is 79.9. The number of amides is 2. The first-order valence-corrected chi connectivity index (χ1v) is 7.99. The third kappa shape index (κ3) is 3.99. The Hall–Kier alpha value is -2.14. The van der Waals surface area contributed by atoms with Crippen LogP contribution in [0.4, 0.5) is 5.69 Å². The van der Waals surface area contributed by atoms with E-state index in [2.05, 4.69) is 42.0 Å². The molecule has 0 aromatic heterocycles. The zero-order chi connectivity index (χ0) is 17.2. The maximum Gasteiger partial charge on any atom is 0.255 e. The van der Waals surface area contributed by atoms with Crippen LogP contribution in [0.3, 0.4) is 0 Å². The van der Waals surface area contributed by atoms with E-state index in [0.717, 1.165) is 10.0 Å². The van der Waals surface area contributed by atoms with Crippen molar-refractivity contribution in [2.75, 3.05) is 5.32 Å². The van der Waals surface area contributed by atoms with E-state index in [4.69, 9.17) is 5.73 Å². The van der Waals surface area contributed by atoms with Crippen LogP contribution in [-0.4, -0.2) is 11.8 Å². The fourth-order valence-electron chi connectivity index (χ4n) is 2.27. The van der Waals surface area contributed by atoms with Crippen LogP contribution in [0.5, 0.6) is 0 Å². The van der Waals surface area contributed by atoms with Crippen LogP contribution in [0, 0.1) is 0 Å². The fraction of sp³-hybridized carbons (Fsp3) is 0.222. The van der Waals surface area contributed by atoms with E-state index in [9.17, 15) is 9.59 Å². The number of hydrogen-bond acceptors (Lipinski definition) is 2. The molecule has 2 aromatic carbocycles. The number of nitrogens with one attached hydrogen (secondary N) is 1. The van der Waals surface area contributed by atoms with Gasteiger partial charge >= 0.3 is 0 Å². The summed E-state index contributed by atoms with van der Waals surface area (Å²) in [7, 11) is 0. The molecule has 0 aliphatic carbocycles. The van der Waals surface area contributed by atoms with Crippen molar-refractivity contribution in [1.82, 2.24) is 0 Å². The van der Waals surface area contributed by atoms with E-state index in [1.54, 1.807) is 36.4 Å². The van der Waals surface area contributed by atoms with E-state index in [0.29, 0.717) is 11.3 Å². The van der Waals surface area contributed by atoms with Crippen molar-refractivity contribution < 1.29 is 9.59 Å². The van der Waals surface area contributed by atoms with Crippen molar-refractivity contribution in [3.8, 4) is 0 Å². The molecular weight excluding hydrogens is 356 g/mol. The topological polar surface area (TPSA) is 72.2 Å². The second kappa shape index (κ2) is 6.54. The molecule has 0 aliphatic rings. The summed E-state index contributed by atoms with van der Waals surface area (Å²) in [6.07, 6.45) is 0. The Morgan fingerprint density at radius 1 is 1.09 bits per heavy atom. The molecule has 0 heterocycles. The summed E-state index contributed by atoms with van der Waals surface area (Å²) < 4.78 is 0.876. The largest absolute Gasteiger partial charge is 0.366 e. The summed E-state index contributed by atoms with van der Waals surface area (Å²) in [5.41, 5.74) is 7.61. The number of rotatable bonds is 3. The van der Waals surface area contributed by atoms with E-state index < -0.39 is 5.91 Å². The van der Waals surface area contributed by atoms with Gasteiger partial charge in [-0.25, -0.2) is 0 Å². The molecule has 0 aliphatic heterocycles. The van der Waals surface area contributed by atoms with Gasteiger partial charge in [0, 0.05) is 10.0 Å². The van der Waals surface area contributed by atoms with E-state index >= 15 is 0 Å². The van der Waals surface area contributed by atoms with Gasteiger partial charge in [-0.3, -0.25) is 9.59 Å². The van der Waals surface area contributed by atoms with Gasteiger partial charge < -0.3 is 11.1 Å². The minimum atomic E-state index is -0.579. The molecule has 2 rings (SSSR count). The van der Waals surface area contributed by atoms with Crippen LogP contribution < -0.4 is 11.1 Å². The molecule has 0 radical (unpaired) electrons. The molecule has 0 spiro atoms. The zero-order valence-corrected chi connectivity index (χ0v) is 14.9. The fourth-order valence-corrected chi connectivity index (χ4v) is 3.24. The highest BCUT2D eigenvalue weighted by molar-refractivity contribution is 9.10. The lowest BCUT2D eigenvalue weighted by Gasteiger charge is -2.21. The second-order valence-corrected chi connectivity index (χ2v) is 7.16. The third-order valence-electron chi connectivity index (χ3n) is 3.48. The number of carbonyl (C=O) groups is 2. The van der Waals surface area contributed by atoms with E-state index in [-0.39, 0.29) is 16.9 Å². The number of anilines is 1. The van der Waals surface area contributed by atoms with E-state index in [1.165, 1.54) is 0 Å². The smallest absolute Gasteiger partial charge is 0.255 e. The van der Waals surface area contributed by atoms with Gasteiger partial charge in [0.25, 0.3) is 11.8 Å². The van der Waals surface area contributed by atoms with Gasteiger partial charge in [0.05, 0.1) is 11.3 Å². The highest BCUT2D eigenvalue weighted by Gasteiger charge is 2.19. The quantitative estimate of drug-likeness (QED) is 0.848. The molecular formula is C18H19BrN2O2. The molecule has 0 fully saturated rings. The predicted octanol–water partition coefficient (Wildman–Crippen LogP) is 4.10. The Balaban J connectivity index is 2.29. The number of halogens is 1. The summed E-state index contributed by atoms with van der Waals surface area (Å²) in [5, 5.41) is 2.73. The van der Waals surface area contributed by atoms with Crippen LogP contribution >= 0.6 is 15.9 Å². The monoisotopic (exact) mass is 374 g/mol. The maximum atomic E-state index is 12.4. The maximum absolute atomic E-state index is 12.4. The predicted molar refractivity (Wildman–Crippen MR) is 95.8 cm³/mol. The lowest BCUT2D eigenvalue weighted by Crippen LogP contribution is -2.19. The molecule has 120 valence electrons. The van der Waals surface area contributed by atoms with Gasteiger partial charge in [-0.15, -0.1) is 0 Å². The standard InChI is InChI=1S/C18H19BrN2O2/c1-18(2,3)13-9-8-11(10-14(13)19)17(23)21-15-7-5-4-6-12(15)16(20)22/h4-10H,1-3H3,(H2,20,22)(H,21,23). The molecule has 0 atom stereocenters. The first-order chi connectivity index (χ1) is 10.7. The summed E-state index contributed by atoms with van der Waals surface area (Å²) in [5.74, 6) is -0.870. The minimum Gasteiger partial charge on any atom is -0.366 e. The van der Waals surface area contributed by atoms with Crippen LogP contribution in [0.2, 0.25) is 0 Å². The second-order valence-electron chi connectivity index (χ2n) is 6.31. The van der Waals surface area contributed by atoms with Crippen LogP contribution in [-0.2, 0) is 5.41 Å². The molecule has 23 heavy (non-hydrogen) atoms. The number of para-hydroxylation sites is 1. The molecule has 2 aromatic rings.